The Hall–Kier alpha value is -3.67. The largest absolute Gasteiger partial charge is 0.352 e. The SMILES string of the molecule is Cc1nc2ccccc2n1CCCNC(=O)/C=C/c1cnn(-c2ccccc2)c1. The highest BCUT2D eigenvalue weighted by Gasteiger charge is 2.06. The van der Waals surface area contributed by atoms with E-state index in [4.69, 9.17) is 0 Å². The van der Waals surface area contributed by atoms with Crippen molar-refractivity contribution in [2.24, 2.45) is 0 Å². The van der Waals surface area contributed by atoms with Crippen LogP contribution in [0, 0.1) is 6.92 Å². The van der Waals surface area contributed by atoms with Gasteiger partial charge in [-0.1, -0.05) is 30.3 Å². The van der Waals surface area contributed by atoms with Gasteiger partial charge in [-0.05, 0) is 43.7 Å². The maximum atomic E-state index is 12.1. The average Bonchev–Trinajstić information content (AvgIpc) is 3.34. The summed E-state index contributed by atoms with van der Waals surface area (Å²) in [4.78, 5) is 16.7. The summed E-state index contributed by atoms with van der Waals surface area (Å²) in [7, 11) is 0. The molecule has 1 N–H and O–H groups in total. The monoisotopic (exact) mass is 385 g/mol. The van der Waals surface area contributed by atoms with Crippen LogP contribution < -0.4 is 5.32 Å². The van der Waals surface area contributed by atoms with Crippen molar-refractivity contribution in [3.63, 3.8) is 0 Å². The van der Waals surface area contributed by atoms with E-state index in [-0.39, 0.29) is 5.91 Å². The lowest BCUT2D eigenvalue weighted by Gasteiger charge is -2.07. The van der Waals surface area contributed by atoms with Crippen molar-refractivity contribution in [2.45, 2.75) is 19.9 Å². The highest BCUT2D eigenvalue weighted by atomic mass is 16.1. The van der Waals surface area contributed by atoms with E-state index in [9.17, 15) is 4.79 Å². The zero-order valence-electron chi connectivity index (χ0n) is 16.3. The van der Waals surface area contributed by atoms with E-state index >= 15 is 0 Å². The molecule has 146 valence electrons. The molecule has 0 unspecified atom stereocenters. The zero-order valence-corrected chi connectivity index (χ0v) is 16.3. The minimum atomic E-state index is -0.107. The summed E-state index contributed by atoms with van der Waals surface area (Å²) in [5.74, 6) is 0.887. The lowest BCUT2D eigenvalue weighted by atomic mass is 10.3. The Labute approximate surface area is 169 Å². The molecule has 6 heteroatoms. The second-order valence-corrected chi connectivity index (χ2v) is 6.83. The van der Waals surface area contributed by atoms with Gasteiger partial charge < -0.3 is 9.88 Å². The van der Waals surface area contributed by atoms with Gasteiger partial charge in [0.25, 0.3) is 0 Å². The van der Waals surface area contributed by atoms with E-state index in [1.807, 2.05) is 61.7 Å². The molecule has 0 saturated heterocycles. The van der Waals surface area contributed by atoms with E-state index in [2.05, 4.69) is 26.0 Å². The molecule has 2 heterocycles. The van der Waals surface area contributed by atoms with Crippen LogP contribution in [0.25, 0.3) is 22.8 Å². The van der Waals surface area contributed by atoms with Gasteiger partial charge in [0.1, 0.15) is 5.82 Å². The molecule has 0 radical (unpaired) electrons. The molecule has 6 nitrogen and oxygen atoms in total. The Morgan fingerprint density at radius 2 is 1.90 bits per heavy atom. The minimum absolute atomic E-state index is 0.107. The molecule has 4 aromatic rings. The number of aryl methyl sites for hydroxylation is 2. The lowest BCUT2D eigenvalue weighted by Crippen LogP contribution is -2.23. The number of carbonyl (C=O) groups excluding carboxylic acids is 1. The quantitative estimate of drug-likeness (QED) is 0.389. The standard InChI is InChI=1S/C23H23N5O/c1-18-26-21-10-5-6-11-22(21)27(18)15-7-14-24-23(29)13-12-19-16-25-28(17-19)20-8-3-2-4-9-20/h2-6,8-13,16-17H,7,14-15H2,1H3,(H,24,29)/b13-12+. The number of rotatable bonds is 7. The van der Waals surface area contributed by atoms with Crippen molar-refractivity contribution in [3.8, 4) is 5.69 Å². The third kappa shape index (κ3) is 4.43. The molecule has 1 amide bonds. The number of imidazole rings is 1. The Kier molecular flexibility index (Phi) is 5.52. The molecule has 0 aliphatic heterocycles. The first-order chi connectivity index (χ1) is 14.2. The van der Waals surface area contributed by atoms with Crippen LogP contribution in [0.1, 0.15) is 17.8 Å². The summed E-state index contributed by atoms with van der Waals surface area (Å²) in [5, 5.41) is 7.26. The van der Waals surface area contributed by atoms with Crippen molar-refractivity contribution in [1.82, 2.24) is 24.6 Å². The number of nitrogens with one attached hydrogen (secondary N) is 1. The van der Waals surface area contributed by atoms with E-state index in [0.717, 1.165) is 41.1 Å². The van der Waals surface area contributed by atoms with E-state index < -0.39 is 0 Å². The van der Waals surface area contributed by atoms with Crippen LogP contribution in [-0.4, -0.2) is 31.8 Å². The predicted molar refractivity (Wildman–Crippen MR) is 115 cm³/mol. The van der Waals surface area contributed by atoms with E-state index in [1.54, 1.807) is 23.0 Å². The molecular weight excluding hydrogens is 362 g/mol. The van der Waals surface area contributed by atoms with E-state index in [0.29, 0.717) is 6.54 Å². The number of hydrogen-bond acceptors (Lipinski definition) is 3. The summed E-state index contributed by atoms with van der Waals surface area (Å²) in [6, 6.07) is 18.0. The summed E-state index contributed by atoms with van der Waals surface area (Å²) < 4.78 is 3.98. The average molecular weight is 385 g/mol. The van der Waals surface area contributed by atoms with Gasteiger partial charge in [0.15, 0.2) is 0 Å². The number of amides is 1. The molecule has 0 atom stereocenters. The number of para-hydroxylation sites is 3. The molecule has 0 fully saturated rings. The van der Waals surface area contributed by atoms with Gasteiger partial charge in [-0.2, -0.15) is 5.10 Å². The molecule has 4 rings (SSSR count). The van der Waals surface area contributed by atoms with Crippen LogP contribution in [0.2, 0.25) is 0 Å². The Morgan fingerprint density at radius 3 is 2.76 bits per heavy atom. The Bertz CT molecular complexity index is 1140. The van der Waals surface area contributed by atoms with Crippen molar-refractivity contribution in [1.29, 1.82) is 0 Å². The molecule has 0 aliphatic rings. The lowest BCUT2D eigenvalue weighted by molar-refractivity contribution is -0.116. The minimum Gasteiger partial charge on any atom is -0.352 e. The van der Waals surface area contributed by atoms with Gasteiger partial charge in [-0.3, -0.25) is 4.79 Å². The molecule has 0 bridgehead atoms. The number of fused-ring (bicyclic) bond motifs is 1. The maximum Gasteiger partial charge on any atom is 0.244 e. The van der Waals surface area contributed by atoms with Crippen molar-refractivity contribution >= 4 is 23.0 Å². The van der Waals surface area contributed by atoms with Crippen molar-refractivity contribution in [3.05, 3.63) is 84.5 Å². The first kappa shape index (κ1) is 18.7. The fraction of sp³-hybridized carbons (Fsp3) is 0.174. The number of hydrogen-bond donors (Lipinski definition) is 1. The highest BCUT2D eigenvalue weighted by molar-refractivity contribution is 5.91. The van der Waals surface area contributed by atoms with Gasteiger partial charge in [0, 0.05) is 30.9 Å². The molecular formula is C23H23N5O. The van der Waals surface area contributed by atoms with E-state index in [1.165, 1.54) is 0 Å². The van der Waals surface area contributed by atoms with Gasteiger partial charge in [0.05, 0.1) is 22.9 Å². The van der Waals surface area contributed by atoms with Gasteiger partial charge in [-0.25, -0.2) is 9.67 Å². The predicted octanol–water partition coefficient (Wildman–Crippen LogP) is 3.75. The second kappa shape index (κ2) is 8.56. The van der Waals surface area contributed by atoms with Crippen LogP contribution in [0.3, 0.4) is 0 Å². The van der Waals surface area contributed by atoms with Gasteiger partial charge in [0.2, 0.25) is 5.91 Å². The third-order valence-corrected chi connectivity index (χ3v) is 4.75. The van der Waals surface area contributed by atoms with Crippen LogP contribution in [0.15, 0.2) is 73.1 Å². The zero-order chi connectivity index (χ0) is 20.1. The van der Waals surface area contributed by atoms with Crippen LogP contribution in [0.4, 0.5) is 0 Å². The first-order valence-electron chi connectivity index (χ1n) is 9.68. The fourth-order valence-electron chi connectivity index (χ4n) is 3.30. The summed E-state index contributed by atoms with van der Waals surface area (Å²) in [6.45, 7) is 3.44. The topological polar surface area (TPSA) is 64.7 Å². The summed E-state index contributed by atoms with van der Waals surface area (Å²) >= 11 is 0. The Balaban J connectivity index is 1.27. The normalized spacial score (nSPS) is 11.3. The molecule has 2 aromatic carbocycles. The molecule has 0 spiro atoms. The van der Waals surface area contributed by atoms with Crippen LogP contribution in [-0.2, 0) is 11.3 Å². The Morgan fingerprint density at radius 1 is 1.10 bits per heavy atom. The van der Waals surface area contributed by atoms with Crippen molar-refractivity contribution in [2.75, 3.05) is 6.54 Å². The summed E-state index contributed by atoms with van der Waals surface area (Å²) in [5.41, 5.74) is 4.00. The smallest absolute Gasteiger partial charge is 0.244 e. The maximum absolute atomic E-state index is 12.1. The van der Waals surface area contributed by atoms with Crippen LogP contribution in [0.5, 0.6) is 0 Å². The van der Waals surface area contributed by atoms with Crippen LogP contribution >= 0.6 is 0 Å². The fourth-order valence-corrected chi connectivity index (χ4v) is 3.30. The van der Waals surface area contributed by atoms with Gasteiger partial charge >= 0.3 is 0 Å². The molecule has 0 aliphatic carbocycles. The molecule has 29 heavy (non-hydrogen) atoms. The second-order valence-electron chi connectivity index (χ2n) is 6.83. The molecule has 0 saturated carbocycles. The first-order valence-corrected chi connectivity index (χ1v) is 9.68. The molecule has 2 aromatic heterocycles. The highest BCUT2D eigenvalue weighted by Crippen LogP contribution is 2.15. The number of aromatic nitrogens is 4. The number of nitrogens with zero attached hydrogens (tertiary/aromatic N) is 4. The number of carbonyl (C=O) groups is 1. The number of benzene rings is 2. The summed E-state index contributed by atoms with van der Waals surface area (Å²) in [6.07, 6.45) is 7.79. The third-order valence-electron chi connectivity index (χ3n) is 4.75. The van der Waals surface area contributed by atoms with Gasteiger partial charge in [-0.15, -0.1) is 0 Å². The van der Waals surface area contributed by atoms with Crippen molar-refractivity contribution < 1.29 is 4.79 Å².